The summed E-state index contributed by atoms with van der Waals surface area (Å²) in [6.45, 7) is 5.34. The number of Topliss-reactive ketones (excluding diaryl/α,β-unsaturated/α-hetero) is 2. The van der Waals surface area contributed by atoms with Crippen LogP contribution in [0.3, 0.4) is 0 Å². The zero-order valence-electron chi connectivity index (χ0n) is 48.6. The van der Waals surface area contributed by atoms with Gasteiger partial charge in [-0.25, -0.2) is 28.7 Å². The number of ketones is 2. The number of aromatic nitrogens is 6. The van der Waals surface area contributed by atoms with Gasteiger partial charge in [-0.15, -0.1) is 46.2 Å². The first-order chi connectivity index (χ1) is 43.0. The molecule has 4 aromatic rings. The number of carbonyl (C=O) groups excluding carboxylic acids is 8. The van der Waals surface area contributed by atoms with Gasteiger partial charge in [0, 0.05) is 48.1 Å². The number of oxime groups is 2. The van der Waals surface area contributed by atoms with Crippen LogP contribution in [-0.2, 0) is 70.7 Å². The molecule has 0 aromatic carbocycles. The molecule has 4 amide bonds. The Labute approximate surface area is 532 Å². The van der Waals surface area contributed by atoms with Crippen molar-refractivity contribution in [2.45, 2.75) is 82.0 Å². The van der Waals surface area contributed by atoms with E-state index in [0.717, 1.165) is 32.5 Å². The van der Waals surface area contributed by atoms with Crippen molar-refractivity contribution in [2.24, 2.45) is 33.6 Å². The Hall–Kier alpha value is -9.76. The largest absolute Gasteiger partial charge is 0.543 e. The SMILES string of the molecule is CC(C)(O/N=C(\C(=O)C[C@@H]1C(=O)N2C(C(=O)[O-])=C(/C=C/C[n+]3cnc(N)c(NC(=O)CCN)c3)CSC12)c1csc(N)n1)C(=O)O.CC(C)(O/N=C(\C(=O)C[C@@H]1C(=O)N2C(C(=O)[O-])=C(/C=C/C[n+]3cnc(N)c(NC(=O)CN)c3)CSC12)c1csc(N)n1)C(=O)O. The number of hydrogen-bond donors (Lipinski definition) is 10. The second kappa shape index (κ2) is 29.3. The molecule has 8 rings (SSSR count). The van der Waals surface area contributed by atoms with Gasteiger partial charge in [-0.05, 0) is 61.0 Å². The number of β-lactam (4-membered cyclic amide) rings is 2. The highest BCUT2D eigenvalue weighted by Crippen LogP contribution is 2.47. The van der Waals surface area contributed by atoms with Crippen LogP contribution >= 0.6 is 46.2 Å². The number of nitrogens with two attached hydrogens (primary N) is 6. The number of thiazole rings is 2. The minimum Gasteiger partial charge on any atom is -0.543 e. The summed E-state index contributed by atoms with van der Waals surface area (Å²) in [5, 5.41) is 57.5. The average Bonchev–Trinajstić information content (AvgIpc) is 0.871. The van der Waals surface area contributed by atoms with Crippen molar-refractivity contribution >= 4 is 150 Å². The summed E-state index contributed by atoms with van der Waals surface area (Å²) in [4.78, 5) is 152. The summed E-state index contributed by atoms with van der Waals surface area (Å²) >= 11 is 4.59. The van der Waals surface area contributed by atoms with Crippen LogP contribution < -0.4 is 64.4 Å². The van der Waals surface area contributed by atoms with Crippen molar-refractivity contribution in [3.63, 3.8) is 0 Å². The molecule has 2 saturated heterocycles. The predicted molar refractivity (Wildman–Crippen MR) is 324 cm³/mol. The van der Waals surface area contributed by atoms with Crippen LogP contribution in [0.2, 0.25) is 0 Å². The molecule has 0 aliphatic carbocycles. The molecule has 34 nitrogen and oxygen atoms in total. The zero-order chi connectivity index (χ0) is 66.8. The number of nitrogens with one attached hydrogen (secondary N) is 2. The molecular weight excluding hydrogens is 1270 g/mol. The van der Waals surface area contributed by atoms with E-state index in [9.17, 15) is 68.4 Å². The van der Waals surface area contributed by atoms with E-state index in [2.05, 4.69) is 40.9 Å². The molecule has 38 heteroatoms. The average molecular weight is 1330 g/mol. The number of carboxylic acid groups (broad SMARTS) is 4. The van der Waals surface area contributed by atoms with Crippen molar-refractivity contribution in [1.82, 2.24) is 29.7 Å². The Morgan fingerprint density at radius 1 is 0.681 bits per heavy atom. The lowest BCUT2D eigenvalue weighted by molar-refractivity contribution is -0.689. The lowest BCUT2D eigenvalue weighted by Crippen LogP contribution is -2.63. The van der Waals surface area contributed by atoms with Gasteiger partial charge in [0.25, 0.3) is 24.3 Å². The van der Waals surface area contributed by atoms with E-state index in [4.69, 9.17) is 44.1 Å². The van der Waals surface area contributed by atoms with Gasteiger partial charge in [0.1, 0.15) is 36.9 Å². The Balaban J connectivity index is 0.000000259. The molecule has 482 valence electrons. The Bertz CT molecular complexity index is 3800. The monoisotopic (exact) mass is 1330 g/mol. The van der Waals surface area contributed by atoms with Crippen LogP contribution in [0.5, 0.6) is 0 Å². The molecule has 91 heavy (non-hydrogen) atoms. The standard InChI is InChI=1S/C27H31N9O8S2.C26H29N9O8S2/c1-27(2,25(42)43)44-34-19(16-11-46-26(30)33-16)17(37)8-14-22(39)36-20(24(40)41)13(10-45-23(14)36)4-3-7-35-9-15(21(29)31-12-35)32-18(38)5-6-28;1-26(2,24(41)42)43-33-18(15-10-45-25(29)32-15)16(36)6-13-21(38)35-19(23(39)40)12(9-44-22(13)35)4-3-5-34-8-14(20(28)30-11-34)31-17(37)7-27/h3-4,9,11-12,14,23,29H,5-8,10,28H2,1-2H3,(H5,30,32,33,38,40,41,42,43);3-4,8,10-11,13,22,28H,5-7,9,27H2,1-2H3,(H5,29,31,32,37,39,40,41,42)/b4-3+,34-19-;4-3+,33-18-/t14-,23?;13-,22?/m11/s1. The minimum absolute atomic E-state index is 0.0504. The summed E-state index contributed by atoms with van der Waals surface area (Å²) in [5.74, 6) is -10.3. The second-order valence-corrected chi connectivity index (χ2v) is 24.8. The number of allylic oxidation sites excluding steroid dienone is 4. The lowest BCUT2D eigenvalue weighted by atomic mass is 9.89. The fourth-order valence-electron chi connectivity index (χ4n) is 8.57. The third kappa shape index (κ3) is 16.4. The van der Waals surface area contributed by atoms with Gasteiger partial charge < -0.3 is 84.7 Å². The van der Waals surface area contributed by atoms with Crippen molar-refractivity contribution in [1.29, 1.82) is 0 Å². The molecule has 4 aliphatic rings. The molecule has 2 fully saturated rings. The van der Waals surface area contributed by atoms with Gasteiger partial charge >= 0.3 is 11.9 Å². The minimum atomic E-state index is -1.76. The molecule has 0 spiro atoms. The van der Waals surface area contributed by atoms with Crippen LogP contribution in [0.1, 0.15) is 58.3 Å². The van der Waals surface area contributed by atoms with Crippen molar-refractivity contribution < 1.29 is 87.2 Å². The molecule has 0 radical (unpaired) electrons. The highest BCUT2D eigenvalue weighted by atomic mass is 32.2. The Morgan fingerprint density at radius 2 is 1.08 bits per heavy atom. The fraction of sp³-hybridized carbons (Fsp3) is 0.358. The predicted octanol–water partition coefficient (Wildman–Crippen LogP) is -3.17. The maximum absolute atomic E-state index is 13.3. The molecule has 16 N–H and O–H groups in total. The number of anilines is 6. The summed E-state index contributed by atoms with van der Waals surface area (Å²) in [5.41, 5.74) is 30.2. The van der Waals surface area contributed by atoms with E-state index in [1.807, 2.05) is 0 Å². The van der Waals surface area contributed by atoms with Crippen LogP contribution in [0.25, 0.3) is 0 Å². The molecule has 4 aliphatic heterocycles. The van der Waals surface area contributed by atoms with Crippen LogP contribution in [0.4, 0.5) is 33.3 Å². The Morgan fingerprint density at radius 3 is 1.42 bits per heavy atom. The maximum Gasteiger partial charge on any atom is 0.350 e. The number of nitrogens with zero attached hydrogens (tertiary/aromatic N) is 10. The van der Waals surface area contributed by atoms with Crippen LogP contribution in [0, 0.1) is 11.8 Å². The number of thioether (sulfide) groups is 2. The molecule has 0 bridgehead atoms. The van der Waals surface area contributed by atoms with Crippen LogP contribution in [-0.4, -0.2) is 157 Å². The number of aliphatic carboxylic acids is 4. The van der Waals surface area contributed by atoms with Crippen molar-refractivity contribution in [2.75, 3.05) is 58.2 Å². The summed E-state index contributed by atoms with van der Waals surface area (Å²) in [6.07, 6.45) is 11.7. The lowest BCUT2D eigenvalue weighted by Gasteiger charge is -2.50. The molecule has 4 atom stereocenters. The van der Waals surface area contributed by atoms with Gasteiger partial charge in [-0.2, -0.15) is 0 Å². The molecule has 2 unspecified atom stereocenters. The molecule has 4 aromatic heterocycles. The van der Waals surface area contributed by atoms with E-state index < -0.39 is 87.0 Å². The van der Waals surface area contributed by atoms with Crippen molar-refractivity contribution in [3.05, 3.63) is 94.0 Å². The number of rotatable bonds is 27. The van der Waals surface area contributed by atoms with Gasteiger partial charge in [0.05, 0.1) is 52.5 Å². The Kier molecular flexibility index (Phi) is 22.1. The zero-order valence-corrected chi connectivity index (χ0v) is 51.9. The first-order valence-corrected chi connectivity index (χ1v) is 30.7. The normalized spacial score (nSPS) is 18.4. The summed E-state index contributed by atoms with van der Waals surface area (Å²) < 4.78 is 3.19. The third-order valence-corrected chi connectivity index (χ3v) is 17.5. The highest BCUT2D eigenvalue weighted by Gasteiger charge is 2.54. The number of carbonyl (C=O) groups is 10. The van der Waals surface area contributed by atoms with Gasteiger partial charge in [0.2, 0.25) is 34.8 Å². The van der Waals surface area contributed by atoms with E-state index in [1.54, 1.807) is 39.6 Å². The van der Waals surface area contributed by atoms with Gasteiger partial charge in [-0.1, -0.05) is 22.5 Å². The van der Waals surface area contributed by atoms with Gasteiger partial charge in [0.15, 0.2) is 44.6 Å². The smallest absolute Gasteiger partial charge is 0.350 e. The quantitative estimate of drug-likeness (QED) is 0.0122. The molecule has 8 heterocycles. The number of amides is 4. The first-order valence-electron chi connectivity index (χ1n) is 26.8. The van der Waals surface area contributed by atoms with E-state index in [-0.39, 0.29) is 130 Å². The number of hydrogen-bond acceptors (Lipinski definition) is 30. The number of carboxylic acids is 4. The summed E-state index contributed by atoms with van der Waals surface area (Å²) in [6, 6.07) is 0. The molecule has 0 saturated carbocycles. The van der Waals surface area contributed by atoms with E-state index in [0.29, 0.717) is 11.1 Å². The van der Waals surface area contributed by atoms with E-state index in [1.165, 1.54) is 80.8 Å². The van der Waals surface area contributed by atoms with E-state index >= 15 is 0 Å². The topological polar surface area (TPSA) is 546 Å². The van der Waals surface area contributed by atoms with Crippen LogP contribution in [0.15, 0.2) is 93.0 Å². The highest BCUT2D eigenvalue weighted by molar-refractivity contribution is 8.00. The van der Waals surface area contributed by atoms with Gasteiger partial charge in [-0.3, -0.25) is 38.6 Å². The number of nitrogen functional groups attached to an aromatic ring is 4. The number of fused-ring (bicyclic) bond motifs is 2. The third-order valence-electron chi connectivity index (χ3n) is 13.4. The van der Waals surface area contributed by atoms with Crippen molar-refractivity contribution in [3.8, 4) is 0 Å². The first kappa shape index (κ1) is 68.7. The summed E-state index contributed by atoms with van der Waals surface area (Å²) in [7, 11) is 0. The second-order valence-electron chi connectivity index (χ2n) is 20.8. The maximum atomic E-state index is 13.3. The fourth-order valence-corrected chi connectivity index (χ4v) is 12.4. The molecular formula is C53H60N18O16S4.